The number of carbonyl (C=O) groups is 1. The number of rotatable bonds is 6. The molecule has 0 radical (unpaired) electrons. The molecule has 126 valence electrons. The number of hydrogen-bond donors (Lipinski definition) is 1. The van der Waals surface area contributed by atoms with Gasteiger partial charge in [0.1, 0.15) is 0 Å². The van der Waals surface area contributed by atoms with Crippen molar-refractivity contribution < 1.29 is 14.5 Å². The third-order valence-corrected chi connectivity index (χ3v) is 4.44. The van der Waals surface area contributed by atoms with Gasteiger partial charge in [0.25, 0.3) is 5.69 Å². The van der Waals surface area contributed by atoms with Gasteiger partial charge in [-0.2, -0.15) is 0 Å². The molecule has 1 saturated carbocycles. The molecular weight excluding hydrogens is 296 g/mol. The van der Waals surface area contributed by atoms with Crippen LogP contribution >= 0.6 is 0 Å². The fourth-order valence-corrected chi connectivity index (χ4v) is 2.90. The lowest BCUT2D eigenvalue weighted by atomic mass is 9.64. The molecular formula is C17H24N2O4. The molecule has 1 fully saturated rings. The van der Waals surface area contributed by atoms with Gasteiger partial charge in [-0.25, -0.2) is 0 Å². The lowest BCUT2D eigenvalue weighted by Gasteiger charge is -2.52. The van der Waals surface area contributed by atoms with Gasteiger partial charge in [-0.05, 0) is 25.8 Å². The van der Waals surface area contributed by atoms with Crippen LogP contribution in [0.3, 0.4) is 0 Å². The maximum Gasteiger partial charge on any atom is 0.269 e. The zero-order chi connectivity index (χ0) is 17.2. The summed E-state index contributed by atoms with van der Waals surface area (Å²) in [4.78, 5) is 22.5. The summed E-state index contributed by atoms with van der Waals surface area (Å²) in [5.74, 6) is -0.119. The Hall–Kier alpha value is -1.95. The van der Waals surface area contributed by atoms with Gasteiger partial charge in [0, 0.05) is 23.6 Å². The van der Waals surface area contributed by atoms with E-state index in [9.17, 15) is 14.9 Å². The number of benzene rings is 1. The molecule has 6 heteroatoms. The summed E-state index contributed by atoms with van der Waals surface area (Å²) < 4.78 is 5.85. The third-order valence-electron chi connectivity index (χ3n) is 4.44. The van der Waals surface area contributed by atoms with E-state index in [1.807, 2.05) is 13.8 Å². The fourth-order valence-electron chi connectivity index (χ4n) is 2.90. The molecule has 0 aromatic heterocycles. The van der Waals surface area contributed by atoms with Crippen LogP contribution in [-0.2, 0) is 16.0 Å². The van der Waals surface area contributed by atoms with Gasteiger partial charge < -0.3 is 10.1 Å². The second kappa shape index (κ2) is 6.66. The SMILES string of the molecule is CC(C)O[C@@H]1C[C@H](NC(=O)Cc2cccc([N+](=O)[O-])c2)C1(C)C. The van der Waals surface area contributed by atoms with Gasteiger partial charge in [0.05, 0.1) is 23.6 Å². The van der Waals surface area contributed by atoms with E-state index in [1.54, 1.807) is 12.1 Å². The van der Waals surface area contributed by atoms with Crippen LogP contribution in [0.2, 0.25) is 0 Å². The summed E-state index contributed by atoms with van der Waals surface area (Å²) >= 11 is 0. The molecule has 1 aromatic carbocycles. The molecule has 1 aliphatic rings. The molecule has 1 N–H and O–H groups in total. The van der Waals surface area contributed by atoms with E-state index in [0.29, 0.717) is 5.56 Å². The predicted octanol–water partition coefficient (Wildman–Crippen LogP) is 2.85. The normalized spacial score (nSPS) is 22.5. The van der Waals surface area contributed by atoms with Crippen molar-refractivity contribution in [2.75, 3.05) is 0 Å². The van der Waals surface area contributed by atoms with Crippen molar-refractivity contribution in [2.24, 2.45) is 5.41 Å². The molecule has 1 aliphatic carbocycles. The second-order valence-corrected chi connectivity index (χ2v) is 6.95. The molecule has 0 heterocycles. The van der Waals surface area contributed by atoms with Crippen LogP contribution in [0.15, 0.2) is 24.3 Å². The first-order valence-electron chi connectivity index (χ1n) is 7.88. The van der Waals surface area contributed by atoms with Crippen molar-refractivity contribution in [1.29, 1.82) is 0 Å². The summed E-state index contributed by atoms with van der Waals surface area (Å²) in [5.41, 5.74) is 0.538. The molecule has 1 amide bonds. The number of nitrogens with zero attached hydrogens (tertiary/aromatic N) is 1. The number of nitrogens with one attached hydrogen (secondary N) is 1. The summed E-state index contributed by atoms with van der Waals surface area (Å²) in [6.45, 7) is 8.18. The lowest BCUT2D eigenvalue weighted by Crippen LogP contribution is -2.62. The van der Waals surface area contributed by atoms with Crippen molar-refractivity contribution in [1.82, 2.24) is 5.32 Å². The zero-order valence-corrected chi connectivity index (χ0v) is 14.0. The first-order chi connectivity index (χ1) is 10.7. The summed E-state index contributed by atoms with van der Waals surface area (Å²) in [7, 11) is 0. The average molecular weight is 320 g/mol. The molecule has 0 unspecified atom stereocenters. The molecule has 0 saturated heterocycles. The molecule has 0 spiro atoms. The van der Waals surface area contributed by atoms with Crippen LogP contribution in [0.25, 0.3) is 0 Å². The Morgan fingerprint density at radius 2 is 2.17 bits per heavy atom. The highest BCUT2D eigenvalue weighted by Crippen LogP contribution is 2.43. The Bertz CT molecular complexity index is 598. The first kappa shape index (κ1) is 17.4. The van der Waals surface area contributed by atoms with E-state index in [4.69, 9.17) is 4.74 Å². The monoisotopic (exact) mass is 320 g/mol. The smallest absolute Gasteiger partial charge is 0.269 e. The standard InChI is InChI=1S/C17H24N2O4/c1-11(2)23-15-10-14(17(15,3)4)18-16(20)9-12-6-5-7-13(8-12)19(21)22/h5-8,11,14-15H,9-10H2,1-4H3,(H,18,20)/t14-,15+/m0/s1. The van der Waals surface area contributed by atoms with Crippen LogP contribution in [0.5, 0.6) is 0 Å². The quantitative estimate of drug-likeness (QED) is 0.645. The molecule has 1 aromatic rings. The molecule has 6 nitrogen and oxygen atoms in total. The van der Waals surface area contributed by atoms with Crippen molar-refractivity contribution in [3.05, 3.63) is 39.9 Å². The van der Waals surface area contributed by atoms with Crippen molar-refractivity contribution >= 4 is 11.6 Å². The third kappa shape index (κ3) is 4.07. The summed E-state index contributed by atoms with van der Waals surface area (Å²) in [6, 6.07) is 6.25. The van der Waals surface area contributed by atoms with Crippen LogP contribution < -0.4 is 5.32 Å². The average Bonchev–Trinajstić information content (AvgIpc) is 2.46. The Balaban J connectivity index is 1.91. The number of nitro benzene ring substituents is 1. The predicted molar refractivity (Wildman–Crippen MR) is 87.1 cm³/mol. The van der Waals surface area contributed by atoms with Gasteiger partial charge in [-0.3, -0.25) is 14.9 Å². The first-order valence-corrected chi connectivity index (χ1v) is 7.88. The van der Waals surface area contributed by atoms with Crippen LogP contribution in [-0.4, -0.2) is 29.1 Å². The second-order valence-electron chi connectivity index (χ2n) is 6.95. The van der Waals surface area contributed by atoms with Gasteiger partial charge in [-0.15, -0.1) is 0 Å². The molecule has 23 heavy (non-hydrogen) atoms. The number of non-ortho nitro benzene ring substituents is 1. The van der Waals surface area contributed by atoms with E-state index in [2.05, 4.69) is 19.2 Å². The Labute approximate surface area is 136 Å². The molecule has 2 rings (SSSR count). The van der Waals surface area contributed by atoms with Crippen LogP contribution in [0.1, 0.15) is 39.7 Å². The highest BCUT2D eigenvalue weighted by Gasteiger charge is 2.49. The maximum absolute atomic E-state index is 12.2. The molecule has 0 bridgehead atoms. The van der Waals surface area contributed by atoms with E-state index >= 15 is 0 Å². The van der Waals surface area contributed by atoms with Gasteiger partial charge in [-0.1, -0.05) is 26.0 Å². The minimum Gasteiger partial charge on any atom is -0.375 e. The van der Waals surface area contributed by atoms with Crippen LogP contribution in [0.4, 0.5) is 5.69 Å². The van der Waals surface area contributed by atoms with E-state index in [0.717, 1.165) is 6.42 Å². The van der Waals surface area contributed by atoms with Gasteiger partial charge in [0.15, 0.2) is 0 Å². The maximum atomic E-state index is 12.2. The summed E-state index contributed by atoms with van der Waals surface area (Å²) in [5, 5.41) is 13.8. The Morgan fingerprint density at radius 1 is 1.48 bits per heavy atom. The summed E-state index contributed by atoms with van der Waals surface area (Å²) in [6.07, 6.45) is 1.25. The zero-order valence-electron chi connectivity index (χ0n) is 14.0. The number of carbonyl (C=O) groups excluding carboxylic acids is 1. The minimum atomic E-state index is -0.454. The Morgan fingerprint density at radius 3 is 2.74 bits per heavy atom. The van der Waals surface area contributed by atoms with Crippen molar-refractivity contribution in [2.45, 2.75) is 58.8 Å². The van der Waals surface area contributed by atoms with Gasteiger partial charge in [0.2, 0.25) is 5.91 Å². The highest BCUT2D eigenvalue weighted by molar-refractivity contribution is 5.79. The number of amides is 1. The highest BCUT2D eigenvalue weighted by atomic mass is 16.6. The van der Waals surface area contributed by atoms with E-state index < -0.39 is 4.92 Å². The van der Waals surface area contributed by atoms with Gasteiger partial charge >= 0.3 is 0 Å². The largest absolute Gasteiger partial charge is 0.375 e. The number of ether oxygens (including phenoxy) is 1. The molecule has 0 aliphatic heterocycles. The van der Waals surface area contributed by atoms with E-state index in [1.165, 1.54) is 12.1 Å². The fraction of sp³-hybridized carbons (Fsp3) is 0.588. The number of nitro groups is 1. The minimum absolute atomic E-state index is 0.00433. The topological polar surface area (TPSA) is 81.5 Å². The number of hydrogen-bond acceptors (Lipinski definition) is 4. The molecule has 2 atom stereocenters. The van der Waals surface area contributed by atoms with Crippen molar-refractivity contribution in [3.63, 3.8) is 0 Å². The lowest BCUT2D eigenvalue weighted by molar-refractivity contribution is -0.384. The Kier molecular flexibility index (Phi) is 5.04. The van der Waals surface area contributed by atoms with Crippen molar-refractivity contribution in [3.8, 4) is 0 Å². The van der Waals surface area contributed by atoms with Crippen LogP contribution in [0, 0.1) is 15.5 Å². The van der Waals surface area contributed by atoms with E-state index in [-0.39, 0.29) is 41.7 Å².